The third kappa shape index (κ3) is 2.89. The third-order valence-corrected chi connectivity index (χ3v) is 4.17. The number of alkyl halides is 1. The van der Waals surface area contributed by atoms with E-state index in [9.17, 15) is 20.1 Å². The molecular formula is C16H17BrO4. The summed E-state index contributed by atoms with van der Waals surface area (Å²) in [5.74, 6) is -1.93. The Kier molecular flexibility index (Phi) is 4.54. The lowest BCUT2D eigenvalue weighted by molar-refractivity contribution is -0.145. The van der Waals surface area contributed by atoms with Crippen LogP contribution in [0.5, 0.6) is 5.75 Å². The molecule has 0 heterocycles. The summed E-state index contributed by atoms with van der Waals surface area (Å²) in [6, 6.07) is 6.42. The Morgan fingerprint density at radius 1 is 1.33 bits per heavy atom. The summed E-state index contributed by atoms with van der Waals surface area (Å²) >= 11 is 3.29. The molecule has 0 bridgehead atoms. The molecule has 0 fully saturated rings. The van der Waals surface area contributed by atoms with E-state index in [-0.39, 0.29) is 12.2 Å². The molecule has 112 valence electrons. The van der Waals surface area contributed by atoms with Crippen molar-refractivity contribution >= 4 is 27.5 Å². The highest BCUT2D eigenvalue weighted by Gasteiger charge is 2.45. The second-order valence-corrected chi connectivity index (χ2v) is 5.94. The van der Waals surface area contributed by atoms with Gasteiger partial charge in [0, 0.05) is 5.33 Å². The fourth-order valence-electron chi connectivity index (χ4n) is 2.80. The Labute approximate surface area is 131 Å². The largest absolute Gasteiger partial charge is 0.508 e. The number of aliphatic hydroxyl groups is 1. The van der Waals surface area contributed by atoms with Crippen LogP contribution < -0.4 is 0 Å². The van der Waals surface area contributed by atoms with Crippen molar-refractivity contribution in [3.05, 3.63) is 47.6 Å². The lowest BCUT2D eigenvalue weighted by atomic mass is 9.71. The number of allylic oxidation sites excluding steroid dienone is 2. The Bertz CT molecular complexity index is 603. The predicted molar refractivity (Wildman–Crippen MR) is 84.3 cm³/mol. The molecule has 4 nitrogen and oxygen atoms in total. The van der Waals surface area contributed by atoms with Crippen molar-refractivity contribution < 1.29 is 20.1 Å². The van der Waals surface area contributed by atoms with Crippen molar-refractivity contribution in [1.82, 2.24) is 0 Å². The number of phenolic OH excluding ortho intramolecular Hbond substituents is 1. The number of rotatable bonds is 4. The molecule has 0 spiro atoms. The molecule has 3 N–H and O–H groups in total. The molecule has 0 aromatic heterocycles. The normalized spacial score (nSPS) is 25.2. The monoisotopic (exact) mass is 352 g/mol. The van der Waals surface area contributed by atoms with E-state index in [1.54, 1.807) is 18.2 Å². The Morgan fingerprint density at radius 2 is 1.95 bits per heavy atom. The molecule has 0 amide bonds. The van der Waals surface area contributed by atoms with Crippen LogP contribution in [0.2, 0.25) is 0 Å². The van der Waals surface area contributed by atoms with E-state index in [0.29, 0.717) is 16.5 Å². The van der Waals surface area contributed by atoms with Crippen molar-refractivity contribution in [3.8, 4) is 5.75 Å². The van der Waals surface area contributed by atoms with Gasteiger partial charge in [0.2, 0.25) is 0 Å². The SMILES string of the molecule is CC1=C(c2ccc(O)cc2)C(O)(CCBr)C(C(=O)O)C=C1. The number of phenols is 1. The lowest BCUT2D eigenvalue weighted by Crippen LogP contribution is -2.44. The minimum Gasteiger partial charge on any atom is -0.508 e. The number of halogens is 1. The summed E-state index contributed by atoms with van der Waals surface area (Å²) in [5.41, 5.74) is 0.647. The first-order chi connectivity index (χ1) is 9.90. The van der Waals surface area contributed by atoms with Gasteiger partial charge in [0.15, 0.2) is 0 Å². The zero-order chi connectivity index (χ0) is 15.6. The quantitative estimate of drug-likeness (QED) is 0.728. The first-order valence-electron chi connectivity index (χ1n) is 6.60. The van der Waals surface area contributed by atoms with Crippen LogP contribution in [0.25, 0.3) is 5.57 Å². The fraction of sp³-hybridized carbons (Fsp3) is 0.312. The summed E-state index contributed by atoms with van der Waals surface area (Å²) in [7, 11) is 0. The second kappa shape index (κ2) is 6.03. The van der Waals surface area contributed by atoms with E-state index >= 15 is 0 Å². The summed E-state index contributed by atoms with van der Waals surface area (Å²) in [5, 5.41) is 30.4. The fourth-order valence-corrected chi connectivity index (χ4v) is 3.40. The number of aliphatic carboxylic acids is 1. The van der Waals surface area contributed by atoms with E-state index < -0.39 is 17.5 Å². The highest BCUT2D eigenvalue weighted by molar-refractivity contribution is 9.09. The number of benzene rings is 1. The van der Waals surface area contributed by atoms with Crippen LogP contribution in [0.4, 0.5) is 0 Å². The molecule has 0 saturated carbocycles. The van der Waals surface area contributed by atoms with Crippen LogP contribution in [0, 0.1) is 5.92 Å². The van der Waals surface area contributed by atoms with Crippen molar-refractivity contribution in [2.75, 3.05) is 5.33 Å². The molecule has 0 saturated heterocycles. The number of hydrogen-bond acceptors (Lipinski definition) is 3. The van der Waals surface area contributed by atoms with Crippen molar-refractivity contribution in [2.45, 2.75) is 18.9 Å². The molecule has 0 radical (unpaired) electrons. The summed E-state index contributed by atoms with van der Waals surface area (Å²) in [6.45, 7) is 1.84. The standard InChI is InChI=1S/C16H17BrO4/c1-10-2-7-13(15(19)20)16(21,8-9-17)14(10)11-3-5-12(18)6-4-11/h2-7,13,18,21H,8-9H2,1H3,(H,19,20). The Hall–Kier alpha value is -1.59. The molecule has 1 aromatic rings. The summed E-state index contributed by atoms with van der Waals surface area (Å²) in [6.07, 6.45) is 3.54. The highest BCUT2D eigenvalue weighted by atomic mass is 79.9. The van der Waals surface area contributed by atoms with Gasteiger partial charge in [-0.2, -0.15) is 0 Å². The number of carbonyl (C=O) groups is 1. The van der Waals surface area contributed by atoms with Crippen molar-refractivity contribution in [2.24, 2.45) is 5.92 Å². The second-order valence-electron chi connectivity index (χ2n) is 5.14. The number of hydrogen-bond donors (Lipinski definition) is 3. The average molecular weight is 353 g/mol. The van der Waals surface area contributed by atoms with Gasteiger partial charge in [0.1, 0.15) is 17.3 Å². The molecule has 2 unspecified atom stereocenters. The van der Waals surface area contributed by atoms with Gasteiger partial charge < -0.3 is 15.3 Å². The topological polar surface area (TPSA) is 77.8 Å². The summed E-state index contributed by atoms with van der Waals surface area (Å²) < 4.78 is 0. The number of carboxylic acid groups (broad SMARTS) is 1. The maximum absolute atomic E-state index is 11.5. The maximum atomic E-state index is 11.5. The van der Waals surface area contributed by atoms with Gasteiger partial charge in [-0.05, 0) is 42.2 Å². The highest BCUT2D eigenvalue weighted by Crippen LogP contribution is 2.43. The minimum atomic E-state index is -1.48. The lowest BCUT2D eigenvalue weighted by Gasteiger charge is -2.38. The Balaban J connectivity index is 2.59. The van der Waals surface area contributed by atoms with Crippen molar-refractivity contribution in [3.63, 3.8) is 0 Å². The van der Waals surface area contributed by atoms with Gasteiger partial charge in [-0.25, -0.2) is 0 Å². The molecule has 1 aliphatic rings. The molecule has 5 heteroatoms. The predicted octanol–water partition coefficient (Wildman–Crippen LogP) is 2.95. The minimum absolute atomic E-state index is 0.127. The van der Waals surface area contributed by atoms with Crippen molar-refractivity contribution in [1.29, 1.82) is 0 Å². The van der Waals surface area contributed by atoms with Gasteiger partial charge >= 0.3 is 5.97 Å². The van der Waals surface area contributed by atoms with Crippen LogP contribution >= 0.6 is 15.9 Å². The molecular weight excluding hydrogens is 336 g/mol. The van der Waals surface area contributed by atoms with Crippen LogP contribution in [0.1, 0.15) is 18.9 Å². The van der Waals surface area contributed by atoms with E-state index in [4.69, 9.17) is 0 Å². The van der Waals surface area contributed by atoms with Gasteiger partial charge in [0.05, 0.1) is 0 Å². The van der Waals surface area contributed by atoms with E-state index in [1.165, 1.54) is 18.2 Å². The first-order valence-corrected chi connectivity index (χ1v) is 7.72. The molecule has 1 aromatic carbocycles. The first kappa shape index (κ1) is 15.8. The molecule has 2 rings (SSSR count). The molecule has 1 aliphatic carbocycles. The third-order valence-electron chi connectivity index (χ3n) is 3.78. The van der Waals surface area contributed by atoms with E-state index in [2.05, 4.69) is 15.9 Å². The Morgan fingerprint density at radius 3 is 2.48 bits per heavy atom. The smallest absolute Gasteiger partial charge is 0.313 e. The number of aromatic hydroxyl groups is 1. The molecule has 21 heavy (non-hydrogen) atoms. The van der Waals surface area contributed by atoms with Gasteiger partial charge in [-0.15, -0.1) is 0 Å². The molecule has 2 atom stereocenters. The van der Waals surface area contributed by atoms with Gasteiger partial charge in [-0.1, -0.05) is 40.2 Å². The van der Waals surface area contributed by atoms with Gasteiger partial charge in [-0.3, -0.25) is 4.79 Å². The number of carboxylic acids is 1. The zero-order valence-corrected chi connectivity index (χ0v) is 13.2. The van der Waals surface area contributed by atoms with Crippen LogP contribution in [-0.4, -0.2) is 32.2 Å². The summed E-state index contributed by atoms with van der Waals surface area (Å²) in [4.78, 5) is 11.5. The van der Waals surface area contributed by atoms with E-state index in [0.717, 1.165) is 5.57 Å². The zero-order valence-electron chi connectivity index (χ0n) is 11.6. The van der Waals surface area contributed by atoms with Gasteiger partial charge in [0.25, 0.3) is 0 Å². The van der Waals surface area contributed by atoms with Crippen LogP contribution in [-0.2, 0) is 4.79 Å². The van der Waals surface area contributed by atoms with Crippen LogP contribution in [0.3, 0.4) is 0 Å². The van der Waals surface area contributed by atoms with E-state index in [1.807, 2.05) is 6.92 Å². The maximum Gasteiger partial charge on any atom is 0.313 e. The van der Waals surface area contributed by atoms with Crippen LogP contribution in [0.15, 0.2) is 42.0 Å². The average Bonchev–Trinajstić information content (AvgIpc) is 2.40. The molecule has 0 aliphatic heterocycles.